The van der Waals surface area contributed by atoms with Gasteiger partial charge >= 0.3 is 5.97 Å². The first kappa shape index (κ1) is 17.3. The Morgan fingerprint density at radius 1 is 1.24 bits per heavy atom. The van der Waals surface area contributed by atoms with Crippen LogP contribution in [0.25, 0.3) is 0 Å². The molecule has 118 valence electrons. The highest BCUT2D eigenvalue weighted by Crippen LogP contribution is 2.26. The van der Waals surface area contributed by atoms with E-state index in [1.54, 1.807) is 6.92 Å². The number of benzene rings is 1. The monoisotopic (exact) mass is 295 g/mol. The number of para-hydroxylation sites is 2. The number of carboxylic acids is 1. The molecule has 0 saturated heterocycles. The molecule has 0 radical (unpaired) electrons. The molecule has 2 N–H and O–H groups in total. The van der Waals surface area contributed by atoms with Crippen molar-refractivity contribution in [1.82, 2.24) is 5.32 Å². The molecule has 0 spiro atoms. The van der Waals surface area contributed by atoms with Crippen LogP contribution >= 0.6 is 0 Å². The van der Waals surface area contributed by atoms with Gasteiger partial charge in [0.1, 0.15) is 5.54 Å². The van der Waals surface area contributed by atoms with E-state index in [1.807, 2.05) is 38.1 Å². The van der Waals surface area contributed by atoms with Crippen molar-refractivity contribution in [3.63, 3.8) is 0 Å². The molecule has 5 heteroatoms. The number of carbonyl (C=O) groups is 1. The van der Waals surface area contributed by atoms with Gasteiger partial charge in [-0.1, -0.05) is 19.1 Å². The molecule has 1 unspecified atom stereocenters. The quantitative estimate of drug-likeness (QED) is 0.650. The molecule has 1 rings (SSSR count). The topological polar surface area (TPSA) is 67.8 Å². The second-order valence-electron chi connectivity index (χ2n) is 5.00. The number of ether oxygens (including phenoxy) is 2. The van der Waals surface area contributed by atoms with Crippen molar-refractivity contribution in [2.45, 2.75) is 39.2 Å². The highest BCUT2D eigenvalue weighted by Gasteiger charge is 2.31. The third kappa shape index (κ3) is 5.27. The van der Waals surface area contributed by atoms with Crippen LogP contribution in [0, 0.1) is 0 Å². The largest absolute Gasteiger partial charge is 0.490 e. The molecule has 1 aromatic carbocycles. The van der Waals surface area contributed by atoms with Crippen molar-refractivity contribution >= 4 is 5.97 Å². The minimum atomic E-state index is -0.905. The Bertz CT molecular complexity index is 450. The zero-order valence-electron chi connectivity index (χ0n) is 13.0. The van der Waals surface area contributed by atoms with Crippen LogP contribution in [-0.4, -0.2) is 36.4 Å². The summed E-state index contributed by atoms with van der Waals surface area (Å²) in [4.78, 5) is 11.3. The maximum atomic E-state index is 11.3. The molecule has 1 atom stereocenters. The van der Waals surface area contributed by atoms with Crippen LogP contribution in [0.2, 0.25) is 0 Å². The van der Waals surface area contributed by atoms with E-state index in [4.69, 9.17) is 9.47 Å². The predicted octanol–water partition coefficient (Wildman–Crippen LogP) is 2.70. The Hall–Kier alpha value is -1.75. The van der Waals surface area contributed by atoms with E-state index >= 15 is 0 Å². The fourth-order valence-electron chi connectivity index (χ4n) is 2.11. The molecule has 5 nitrogen and oxygen atoms in total. The summed E-state index contributed by atoms with van der Waals surface area (Å²) in [6, 6.07) is 7.49. The summed E-state index contributed by atoms with van der Waals surface area (Å²) in [5.41, 5.74) is -0.905. The molecule has 0 aromatic heterocycles. The van der Waals surface area contributed by atoms with Gasteiger partial charge in [-0.05, 0) is 45.4 Å². The molecule has 1 aromatic rings. The van der Waals surface area contributed by atoms with Crippen LogP contribution in [-0.2, 0) is 4.79 Å². The van der Waals surface area contributed by atoms with Gasteiger partial charge in [0.2, 0.25) is 0 Å². The third-order valence-electron chi connectivity index (χ3n) is 3.27. The fraction of sp³-hybridized carbons (Fsp3) is 0.562. The molecular weight excluding hydrogens is 270 g/mol. The smallest absolute Gasteiger partial charge is 0.323 e. The standard InChI is InChI=1S/C16H25NO4/c1-4-17-16(3,15(18)19)11-8-12-21-14-10-7-6-9-13(14)20-5-2/h6-7,9-10,17H,4-5,8,11-12H2,1-3H3,(H,18,19). The van der Waals surface area contributed by atoms with Crippen molar-refractivity contribution < 1.29 is 19.4 Å². The lowest BCUT2D eigenvalue weighted by Crippen LogP contribution is -2.49. The number of hydrogen-bond acceptors (Lipinski definition) is 4. The van der Waals surface area contributed by atoms with Crippen LogP contribution in [0.1, 0.15) is 33.6 Å². The second kappa shape index (κ2) is 8.52. The zero-order chi connectivity index (χ0) is 15.7. The fourth-order valence-corrected chi connectivity index (χ4v) is 2.11. The molecule has 0 aliphatic carbocycles. The number of rotatable bonds is 10. The molecule has 0 aliphatic rings. The van der Waals surface area contributed by atoms with Gasteiger partial charge in [0.05, 0.1) is 13.2 Å². The SMILES string of the molecule is CCNC(C)(CCCOc1ccccc1OCC)C(=O)O. The van der Waals surface area contributed by atoms with E-state index in [2.05, 4.69) is 5.32 Å². The van der Waals surface area contributed by atoms with Gasteiger partial charge in [0.25, 0.3) is 0 Å². The van der Waals surface area contributed by atoms with E-state index in [1.165, 1.54) is 0 Å². The summed E-state index contributed by atoms with van der Waals surface area (Å²) in [5.74, 6) is 0.576. The maximum absolute atomic E-state index is 11.3. The summed E-state index contributed by atoms with van der Waals surface area (Å²) < 4.78 is 11.2. The van der Waals surface area contributed by atoms with Crippen molar-refractivity contribution in [2.75, 3.05) is 19.8 Å². The third-order valence-corrected chi connectivity index (χ3v) is 3.27. The number of likely N-dealkylation sites (N-methyl/N-ethyl adjacent to an activating group) is 1. The number of nitrogens with one attached hydrogen (secondary N) is 1. The number of aliphatic carboxylic acids is 1. The van der Waals surface area contributed by atoms with E-state index in [0.29, 0.717) is 44.1 Å². The minimum absolute atomic E-state index is 0.457. The zero-order valence-corrected chi connectivity index (χ0v) is 13.0. The van der Waals surface area contributed by atoms with Crippen molar-refractivity contribution in [2.24, 2.45) is 0 Å². The summed E-state index contributed by atoms with van der Waals surface area (Å²) >= 11 is 0. The van der Waals surface area contributed by atoms with Gasteiger partial charge in [-0.25, -0.2) is 0 Å². The molecule has 0 heterocycles. The summed E-state index contributed by atoms with van der Waals surface area (Å²) in [5, 5.41) is 12.3. The lowest BCUT2D eigenvalue weighted by molar-refractivity contribution is -0.144. The molecule has 0 aliphatic heterocycles. The molecule has 0 fully saturated rings. The summed E-state index contributed by atoms with van der Waals surface area (Å²) in [6.45, 7) is 7.18. The maximum Gasteiger partial charge on any atom is 0.323 e. The Balaban J connectivity index is 2.48. The van der Waals surface area contributed by atoms with Crippen LogP contribution < -0.4 is 14.8 Å². The van der Waals surface area contributed by atoms with Gasteiger partial charge in [0.15, 0.2) is 11.5 Å². The van der Waals surface area contributed by atoms with E-state index in [-0.39, 0.29) is 0 Å². The second-order valence-corrected chi connectivity index (χ2v) is 5.00. The lowest BCUT2D eigenvalue weighted by Gasteiger charge is -2.25. The van der Waals surface area contributed by atoms with Gasteiger partial charge < -0.3 is 19.9 Å². The Kier molecular flexibility index (Phi) is 7.02. The first-order valence-electron chi connectivity index (χ1n) is 7.36. The molecular formula is C16H25NO4. The molecule has 0 amide bonds. The first-order valence-corrected chi connectivity index (χ1v) is 7.36. The molecule has 21 heavy (non-hydrogen) atoms. The van der Waals surface area contributed by atoms with Gasteiger partial charge in [-0.15, -0.1) is 0 Å². The number of hydrogen-bond donors (Lipinski definition) is 2. The van der Waals surface area contributed by atoms with Crippen molar-refractivity contribution in [3.05, 3.63) is 24.3 Å². The first-order chi connectivity index (χ1) is 10.0. The highest BCUT2D eigenvalue weighted by molar-refractivity contribution is 5.78. The Labute approximate surface area is 126 Å². The van der Waals surface area contributed by atoms with Crippen LogP contribution in [0.4, 0.5) is 0 Å². The lowest BCUT2D eigenvalue weighted by atomic mass is 9.96. The normalized spacial score (nSPS) is 13.5. The van der Waals surface area contributed by atoms with Gasteiger partial charge in [-0.3, -0.25) is 4.79 Å². The average Bonchev–Trinajstić information content (AvgIpc) is 2.45. The Morgan fingerprint density at radius 2 is 1.86 bits per heavy atom. The van der Waals surface area contributed by atoms with Crippen LogP contribution in [0.3, 0.4) is 0 Å². The summed E-state index contributed by atoms with van der Waals surface area (Å²) in [6.07, 6.45) is 1.16. The predicted molar refractivity (Wildman–Crippen MR) is 82.1 cm³/mol. The molecule has 0 bridgehead atoms. The van der Waals surface area contributed by atoms with E-state index < -0.39 is 11.5 Å². The number of carboxylic acid groups (broad SMARTS) is 1. The van der Waals surface area contributed by atoms with Gasteiger partial charge in [0, 0.05) is 0 Å². The van der Waals surface area contributed by atoms with Crippen molar-refractivity contribution in [1.29, 1.82) is 0 Å². The van der Waals surface area contributed by atoms with Crippen molar-refractivity contribution in [3.8, 4) is 11.5 Å². The minimum Gasteiger partial charge on any atom is -0.490 e. The van der Waals surface area contributed by atoms with Crippen LogP contribution in [0.15, 0.2) is 24.3 Å². The van der Waals surface area contributed by atoms with E-state index in [0.717, 1.165) is 0 Å². The van der Waals surface area contributed by atoms with Crippen LogP contribution in [0.5, 0.6) is 11.5 Å². The van der Waals surface area contributed by atoms with Gasteiger partial charge in [-0.2, -0.15) is 0 Å². The highest BCUT2D eigenvalue weighted by atomic mass is 16.5. The molecule has 0 saturated carbocycles. The summed E-state index contributed by atoms with van der Waals surface area (Å²) in [7, 11) is 0. The Morgan fingerprint density at radius 3 is 2.38 bits per heavy atom. The van der Waals surface area contributed by atoms with E-state index in [9.17, 15) is 9.90 Å². The average molecular weight is 295 g/mol.